The first kappa shape index (κ1) is 13.9. The number of hydrogen-bond donors (Lipinski definition) is 2. The number of carboxylic acid groups (broad SMARTS) is 1. The van der Waals surface area contributed by atoms with E-state index in [0.29, 0.717) is 25.3 Å². The number of hydrogen-bond acceptors (Lipinski definition) is 4. The van der Waals surface area contributed by atoms with Crippen LogP contribution in [-0.2, 0) is 25.5 Å². The van der Waals surface area contributed by atoms with Gasteiger partial charge in [-0.3, -0.25) is 9.59 Å². The van der Waals surface area contributed by atoms with E-state index in [1.54, 1.807) is 18.2 Å². The van der Waals surface area contributed by atoms with E-state index < -0.39 is 5.97 Å². The number of amides is 1. The first-order valence-corrected chi connectivity index (χ1v) is 6.22. The summed E-state index contributed by atoms with van der Waals surface area (Å²) in [6.45, 7) is 0.777. The number of carboxylic acids is 1. The Morgan fingerprint density at radius 2 is 2.15 bits per heavy atom. The van der Waals surface area contributed by atoms with Crippen molar-refractivity contribution in [2.24, 2.45) is 0 Å². The Labute approximate surface area is 116 Å². The normalized spacial score (nSPS) is 13.7. The highest BCUT2D eigenvalue weighted by Crippen LogP contribution is 2.14. The van der Waals surface area contributed by atoms with Gasteiger partial charge in [-0.1, -0.05) is 12.1 Å². The van der Waals surface area contributed by atoms with Crippen LogP contribution in [0.5, 0.6) is 0 Å². The molecule has 20 heavy (non-hydrogen) atoms. The molecule has 2 N–H and O–H groups in total. The van der Waals surface area contributed by atoms with Crippen LogP contribution in [0.3, 0.4) is 0 Å². The second-order valence-corrected chi connectivity index (χ2v) is 4.25. The molecule has 0 aliphatic carbocycles. The maximum absolute atomic E-state index is 11.9. The van der Waals surface area contributed by atoms with E-state index in [-0.39, 0.29) is 18.1 Å². The summed E-state index contributed by atoms with van der Waals surface area (Å²) in [5.41, 5.74) is 1.44. The Morgan fingerprint density at radius 3 is 2.85 bits per heavy atom. The van der Waals surface area contributed by atoms with Crippen molar-refractivity contribution in [2.45, 2.75) is 12.8 Å². The molecule has 1 amide bonds. The van der Waals surface area contributed by atoms with Gasteiger partial charge in [-0.2, -0.15) is 0 Å². The maximum atomic E-state index is 11.9. The Hall–Kier alpha value is -2.50. The molecule has 0 aromatic heterocycles. The zero-order valence-electron chi connectivity index (χ0n) is 10.8. The molecule has 0 fully saturated rings. The summed E-state index contributed by atoms with van der Waals surface area (Å²) in [5, 5.41) is 11.3. The van der Waals surface area contributed by atoms with E-state index >= 15 is 0 Å². The summed E-state index contributed by atoms with van der Waals surface area (Å²) in [4.78, 5) is 22.4. The summed E-state index contributed by atoms with van der Waals surface area (Å²) in [6.07, 6.45) is 1.76. The van der Waals surface area contributed by atoms with Gasteiger partial charge in [-0.15, -0.1) is 0 Å². The lowest BCUT2D eigenvalue weighted by atomic mass is 10.1. The van der Waals surface area contributed by atoms with E-state index in [0.717, 1.165) is 5.56 Å². The van der Waals surface area contributed by atoms with Crippen molar-refractivity contribution in [3.05, 3.63) is 41.9 Å². The number of anilines is 1. The molecular formula is C14H15NO5. The van der Waals surface area contributed by atoms with Gasteiger partial charge < -0.3 is 19.9 Å². The minimum Gasteiger partial charge on any atom is -0.494 e. The highest BCUT2D eigenvalue weighted by molar-refractivity contribution is 6.02. The van der Waals surface area contributed by atoms with Gasteiger partial charge in [-0.05, 0) is 24.1 Å². The average Bonchev–Trinajstić information content (AvgIpc) is 2.46. The van der Waals surface area contributed by atoms with E-state index in [4.69, 9.17) is 14.6 Å². The number of rotatable bonds is 5. The van der Waals surface area contributed by atoms with E-state index in [2.05, 4.69) is 5.32 Å². The molecule has 0 bridgehead atoms. The molecule has 2 rings (SSSR count). The fourth-order valence-corrected chi connectivity index (χ4v) is 1.74. The van der Waals surface area contributed by atoms with Crippen LogP contribution in [-0.4, -0.2) is 30.2 Å². The molecule has 0 atom stereocenters. The van der Waals surface area contributed by atoms with Gasteiger partial charge in [0.1, 0.15) is 19.5 Å². The van der Waals surface area contributed by atoms with Gasteiger partial charge in [0.05, 0.1) is 0 Å². The molecule has 1 heterocycles. The molecule has 0 unspecified atom stereocenters. The molecular weight excluding hydrogens is 262 g/mol. The summed E-state index contributed by atoms with van der Waals surface area (Å²) in [7, 11) is 0. The van der Waals surface area contributed by atoms with Crippen LogP contribution in [0.25, 0.3) is 0 Å². The predicted molar refractivity (Wildman–Crippen MR) is 71.0 cm³/mol. The highest BCUT2D eigenvalue weighted by atomic mass is 16.6. The van der Waals surface area contributed by atoms with Crippen molar-refractivity contribution >= 4 is 17.6 Å². The van der Waals surface area contributed by atoms with Crippen molar-refractivity contribution < 1.29 is 24.2 Å². The molecule has 1 aliphatic rings. The number of ether oxygens (including phenoxy) is 2. The van der Waals surface area contributed by atoms with Crippen molar-refractivity contribution in [3.63, 3.8) is 0 Å². The van der Waals surface area contributed by atoms with Crippen molar-refractivity contribution in [3.8, 4) is 0 Å². The smallest absolute Gasteiger partial charge is 0.303 e. The first-order chi connectivity index (χ1) is 9.65. The summed E-state index contributed by atoms with van der Waals surface area (Å²) in [6, 6.07) is 7.05. The van der Waals surface area contributed by atoms with Gasteiger partial charge in [-0.25, -0.2) is 0 Å². The van der Waals surface area contributed by atoms with Gasteiger partial charge in [0.15, 0.2) is 0 Å². The number of carbonyl (C=O) groups is 2. The minimum atomic E-state index is -0.850. The highest BCUT2D eigenvalue weighted by Gasteiger charge is 2.15. The van der Waals surface area contributed by atoms with Crippen LogP contribution in [0.2, 0.25) is 0 Å². The number of benzene rings is 1. The molecule has 1 aliphatic heterocycles. The lowest BCUT2D eigenvalue weighted by Crippen LogP contribution is -2.21. The lowest BCUT2D eigenvalue weighted by molar-refractivity contribution is -0.137. The fourth-order valence-electron chi connectivity index (χ4n) is 1.74. The van der Waals surface area contributed by atoms with Crippen molar-refractivity contribution in [1.29, 1.82) is 0 Å². The van der Waals surface area contributed by atoms with Crippen LogP contribution in [0.1, 0.15) is 12.0 Å². The van der Waals surface area contributed by atoms with Gasteiger partial charge in [0, 0.05) is 12.1 Å². The second-order valence-electron chi connectivity index (χ2n) is 4.25. The molecule has 1 aromatic rings. The zero-order valence-corrected chi connectivity index (χ0v) is 10.8. The third-order valence-corrected chi connectivity index (χ3v) is 2.69. The van der Waals surface area contributed by atoms with Crippen LogP contribution in [0, 0.1) is 0 Å². The third kappa shape index (κ3) is 4.01. The third-order valence-electron chi connectivity index (χ3n) is 2.69. The van der Waals surface area contributed by atoms with E-state index in [1.165, 1.54) is 6.26 Å². The Kier molecular flexibility index (Phi) is 4.60. The quantitative estimate of drug-likeness (QED) is 0.852. The summed E-state index contributed by atoms with van der Waals surface area (Å²) >= 11 is 0. The Morgan fingerprint density at radius 1 is 1.30 bits per heavy atom. The van der Waals surface area contributed by atoms with Crippen LogP contribution in [0.15, 0.2) is 36.3 Å². The number of nitrogens with one attached hydrogen (secondary N) is 1. The van der Waals surface area contributed by atoms with E-state index in [9.17, 15) is 9.59 Å². The van der Waals surface area contributed by atoms with Gasteiger partial charge >= 0.3 is 5.97 Å². The molecule has 0 spiro atoms. The minimum absolute atomic E-state index is 0.0551. The number of carbonyl (C=O) groups excluding carboxylic acids is 1. The van der Waals surface area contributed by atoms with Crippen molar-refractivity contribution in [2.75, 3.05) is 18.5 Å². The van der Waals surface area contributed by atoms with Crippen LogP contribution < -0.4 is 5.32 Å². The lowest BCUT2D eigenvalue weighted by Gasteiger charge is -2.15. The molecule has 1 aromatic carbocycles. The second kappa shape index (κ2) is 6.60. The SMILES string of the molecule is O=C(O)CCc1cccc(NC(=O)C2=COCCO2)c1. The molecule has 106 valence electrons. The van der Waals surface area contributed by atoms with Crippen LogP contribution >= 0.6 is 0 Å². The molecule has 6 nitrogen and oxygen atoms in total. The Balaban J connectivity index is 1.98. The topological polar surface area (TPSA) is 84.9 Å². The largest absolute Gasteiger partial charge is 0.494 e. The zero-order chi connectivity index (χ0) is 14.4. The molecule has 0 saturated carbocycles. The summed E-state index contributed by atoms with van der Waals surface area (Å²) in [5.74, 6) is -1.11. The number of aryl methyl sites for hydroxylation is 1. The first-order valence-electron chi connectivity index (χ1n) is 6.22. The van der Waals surface area contributed by atoms with Crippen molar-refractivity contribution in [1.82, 2.24) is 0 Å². The molecule has 0 saturated heterocycles. The monoisotopic (exact) mass is 277 g/mol. The predicted octanol–water partition coefficient (Wildman–Crippen LogP) is 1.53. The molecule has 0 radical (unpaired) electrons. The summed E-state index contributed by atoms with van der Waals surface area (Å²) < 4.78 is 10.2. The molecule has 6 heteroatoms. The fraction of sp³-hybridized carbons (Fsp3) is 0.286. The standard InChI is InChI=1S/C14H15NO5/c16-13(17)5-4-10-2-1-3-11(8-10)15-14(18)12-9-19-6-7-20-12/h1-3,8-9H,4-7H2,(H,15,18)(H,16,17). The van der Waals surface area contributed by atoms with Gasteiger partial charge in [0.25, 0.3) is 5.91 Å². The number of aliphatic carboxylic acids is 1. The van der Waals surface area contributed by atoms with E-state index in [1.807, 2.05) is 6.07 Å². The average molecular weight is 277 g/mol. The van der Waals surface area contributed by atoms with Crippen LogP contribution in [0.4, 0.5) is 5.69 Å². The maximum Gasteiger partial charge on any atom is 0.303 e. The van der Waals surface area contributed by atoms with Gasteiger partial charge in [0.2, 0.25) is 5.76 Å². The Bertz CT molecular complexity index is 538.